The van der Waals surface area contributed by atoms with Crippen molar-refractivity contribution in [1.82, 2.24) is 5.32 Å². The van der Waals surface area contributed by atoms with Gasteiger partial charge in [-0.1, -0.05) is 43.2 Å². The molecule has 1 aliphatic carbocycles. The van der Waals surface area contributed by atoms with E-state index in [2.05, 4.69) is 5.32 Å². The predicted octanol–water partition coefficient (Wildman–Crippen LogP) is 1.99. The molecular weight excluding hydrogens is 242 g/mol. The molecule has 2 N–H and O–H groups in total. The van der Waals surface area contributed by atoms with E-state index in [4.69, 9.17) is 5.11 Å². The van der Waals surface area contributed by atoms with Crippen LogP contribution in [0.1, 0.15) is 31.2 Å². The van der Waals surface area contributed by atoms with Crippen molar-refractivity contribution in [2.24, 2.45) is 5.92 Å². The monoisotopic (exact) mass is 261 g/mol. The van der Waals surface area contributed by atoms with Gasteiger partial charge in [-0.05, 0) is 24.3 Å². The number of benzene rings is 1. The van der Waals surface area contributed by atoms with E-state index in [1.54, 1.807) is 0 Å². The van der Waals surface area contributed by atoms with Crippen molar-refractivity contribution in [2.75, 3.05) is 0 Å². The number of aryl methyl sites for hydroxylation is 1. The van der Waals surface area contributed by atoms with E-state index in [1.165, 1.54) is 0 Å². The summed E-state index contributed by atoms with van der Waals surface area (Å²) < 4.78 is 0. The van der Waals surface area contributed by atoms with E-state index >= 15 is 0 Å². The Balaban J connectivity index is 1.77. The average Bonchev–Trinajstić information content (AvgIpc) is 3.21. The molecule has 0 saturated heterocycles. The van der Waals surface area contributed by atoms with Crippen LogP contribution in [0.2, 0.25) is 0 Å². The first-order valence-corrected chi connectivity index (χ1v) is 6.71. The first-order chi connectivity index (χ1) is 9.15. The highest BCUT2D eigenvalue weighted by atomic mass is 16.4. The highest BCUT2D eigenvalue weighted by Gasteiger charge is 2.29. The fourth-order valence-corrected chi connectivity index (χ4v) is 2.08. The van der Waals surface area contributed by atoms with Gasteiger partial charge in [-0.15, -0.1) is 0 Å². The Bertz CT molecular complexity index is 440. The van der Waals surface area contributed by atoms with Gasteiger partial charge >= 0.3 is 5.97 Å². The topological polar surface area (TPSA) is 66.4 Å². The average molecular weight is 261 g/mol. The molecule has 1 atom stereocenters. The van der Waals surface area contributed by atoms with Crippen LogP contribution in [0.25, 0.3) is 0 Å². The molecule has 1 aliphatic rings. The van der Waals surface area contributed by atoms with E-state index in [0.717, 1.165) is 18.4 Å². The summed E-state index contributed by atoms with van der Waals surface area (Å²) in [6, 6.07) is 8.99. The Morgan fingerprint density at radius 1 is 1.26 bits per heavy atom. The van der Waals surface area contributed by atoms with Gasteiger partial charge in [-0.2, -0.15) is 0 Å². The number of hydrogen-bond donors (Lipinski definition) is 2. The summed E-state index contributed by atoms with van der Waals surface area (Å²) in [5.41, 5.74) is 1.09. The SMILES string of the molecule is O=C(CCc1ccccc1)N[C@H](CC1CC1)C(=O)O. The quantitative estimate of drug-likeness (QED) is 0.788. The molecule has 1 fully saturated rings. The lowest BCUT2D eigenvalue weighted by Crippen LogP contribution is -2.41. The third-order valence-electron chi connectivity index (χ3n) is 3.38. The van der Waals surface area contributed by atoms with Crippen molar-refractivity contribution < 1.29 is 14.7 Å². The zero-order valence-electron chi connectivity index (χ0n) is 10.8. The second kappa shape index (κ2) is 6.36. The van der Waals surface area contributed by atoms with Gasteiger partial charge in [0.25, 0.3) is 0 Å². The Labute approximate surface area is 112 Å². The molecule has 1 saturated carbocycles. The number of carbonyl (C=O) groups excluding carboxylic acids is 1. The van der Waals surface area contributed by atoms with Gasteiger partial charge < -0.3 is 10.4 Å². The normalized spacial score (nSPS) is 15.8. The van der Waals surface area contributed by atoms with Gasteiger partial charge in [0.15, 0.2) is 0 Å². The third-order valence-corrected chi connectivity index (χ3v) is 3.38. The molecule has 102 valence electrons. The van der Waals surface area contributed by atoms with E-state index in [0.29, 0.717) is 25.2 Å². The van der Waals surface area contributed by atoms with Crippen molar-refractivity contribution in [3.63, 3.8) is 0 Å². The molecule has 0 bridgehead atoms. The largest absolute Gasteiger partial charge is 0.480 e. The highest BCUT2D eigenvalue weighted by Crippen LogP contribution is 2.33. The highest BCUT2D eigenvalue weighted by molar-refractivity contribution is 5.83. The van der Waals surface area contributed by atoms with Crippen LogP contribution >= 0.6 is 0 Å². The zero-order chi connectivity index (χ0) is 13.7. The lowest BCUT2D eigenvalue weighted by Gasteiger charge is -2.14. The minimum absolute atomic E-state index is 0.183. The van der Waals surface area contributed by atoms with E-state index in [-0.39, 0.29) is 5.91 Å². The summed E-state index contributed by atoms with van der Waals surface area (Å²) in [5.74, 6) is -0.632. The number of carboxylic acid groups (broad SMARTS) is 1. The number of amides is 1. The number of hydrogen-bond acceptors (Lipinski definition) is 2. The molecule has 2 rings (SSSR count). The molecular formula is C15H19NO3. The first kappa shape index (κ1) is 13.6. The van der Waals surface area contributed by atoms with Crippen molar-refractivity contribution in [2.45, 2.75) is 38.1 Å². The maximum Gasteiger partial charge on any atom is 0.326 e. The summed E-state index contributed by atoms with van der Waals surface area (Å²) in [7, 11) is 0. The number of carbonyl (C=O) groups is 2. The maximum absolute atomic E-state index is 11.8. The number of aliphatic carboxylic acids is 1. The second-order valence-electron chi connectivity index (χ2n) is 5.12. The van der Waals surface area contributed by atoms with Gasteiger partial charge in [0.05, 0.1) is 0 Å². The predicted molar refractivity (Wildman–Crippen MR) is 71.7 cm³/mol. The third kappa shape index (κ3) is 4.73. The van der Waals surface area contributed by atoms with Crippen LogP contribution in [-0.4, -0.2) is 23.0 Å². The number of nitrogens with one attached hydrogen (secondary N) is 1. The fourth-order valence-electron chi connectivity index (χ4n) is 2.08. The van der Waals surface area contributed by atoms with Gasteiger partial charge in [0.1, 0.15) is 6.04 Å². The Morgan fingerprint density at radius 3 is 2.53 bits per heavy atom. The summed E-state index contributed by atoms with van der Waals surface area (Å²) in [5, 5.41) is 11.7. The number of carboxylic acids is 1. The summed E-state index contributed by atoms with van der Waals surface area (Å²) >= 11 is 0. The van der Waals surface area contributed by atoms with E-state index < -0.39 is 12.0 Å². The molecule has 0 aliphatic heterocycles. The van der Waals surface area contributed by atoms with E-state index in [1.807, 2.05) is 30.3 Å². The summed E-state index contributed by atoms with van der Waals surface area (Å²) in [6.07, 6.45) is 3.71. The minimum atomic E-state index is -0.931. The molecule has 1 aromatic carbocycles. The second-order valence-corrected chi connectivity index (χ2v) is 5.12. The maximum atomic E-state index is 11.8. The molecule has 1 amide bonds. The molecule has 4 heteroatoms. The minimum Gasteiger partial charge on any atom is -0.480 e. The standard InChI is InChI=1S/C15H19NO3/c17-14(9-8-11-4-2-1-3-5-11)16-13(15(18)19)10-12-6-7-12/h1-5,12-13H,6-10H2,(H,16,17)(H,18,19)/t13-/m1/s1. The molecule has 4 nitrogen and oxygen atoms in total. The first-order valence-electron chi connectivity index (χ1n) is 6.71. The zero-order valence-corrected chi connectivity index (χ0v) is 10.8. The molecule has 1 aromatic rings. The molecule has 0 aromatic heterocycles. The fraction of sp³-hybridized carbons (Fsp3) is 0.467. The van der Waals surface area contributed by atoms with Crippen LogP contribution in [0.4, 0.5) is 0 Å². The molecule has 0 unspecified atom stereocenters. The molecule has 0 heterocycles. The van der Waals surface area contributed by atoms with Crippen LogP contribution in [0, 0.1) is 5.92 Å². The Hall–Kier alpha value is -1.84. The van der Waals surface area contributed by atoms with Crippen molar-refractivity contribution in [3.8, 4) is 0 Å². The molecule has 0 spiro atoms. The van der Waals surface area contributed by atoms with Gasteiger partial charge in [0, 0.05) is 6.42 Å². The van der Waals surface area contributed by atoms with Crippen LogP contribution in [0.5, 0.6) is 0 Å². The van der Waals surface area contributed by atoms with Crippen LogP contribution < -0.4 is 5.32 Å². The van der Waals surface area contributed by atoms with Crippen molar-refractivity contribution in [1.29, 1.82) is 0 Å². The molecule has 0 radical (unpaired) electrons. The van der Waals surface area contributed by atoms with Crippen LogP contribution in [0.3, 0.4) is 0 Å². The lowest BCUT2D eigenvalue weighted by molar-refractivity contribution is -0.142. The summed E-state index contributed by atoms with van der Waals surface area (Å²) in [6.45, 7) is 0. The molecule has 19 heavy (non-hydrogen) atoms. The van der Waals surface area contributed by atoms with E-state index in [9.17, 15) is 9.59 Å². The van der Waals surface area contributed by atoms with Gasteiger partial charge in [0.2, 0.25) is 5.91 Å². The summed E-state index contributed by atoms with van der Waals surface area (Å²) in [4.78, 5) is 22.8. The van der Waals surface area contributed by atoms with Gasteiger partial charge in [-0.3, -0.25) is 4.79 Å². The Kier molecular flexibility index (Phi) is 4.55. The van der Waals surface area contributed by atoms with Crippen LogP contribution in [0.15, 0.2) is 30.3 Å². The smallest absolute Gasteiger partial charge is 0.326 e. The lowest BCUT2D eigenvalue weighted by atomic mass is 10.1. The van der Waals surface area contributed by atoms with Gasteiger partial charge in [-0.25, -0.2) is 4.79 Å². The number of rotatable bonds is 7. The van der Waals surface area contributed by atoms with Crippen molar-refractivity contribution in [3.05, 3.63) is 35.9 Å². The van der Waals surface area contributed by atoms with Crippen molar-refractivity contribution >= 4 is 11.9 Å². The van der Waals surface area contributed by atoms with Crippen LogP contribution in [-0.2, 0) is 16.0 Å². The Morgan fingerprint density at radius 2 is 1.95 bits per heavy atom.